The summed E-state index contributed by atoms with van der Waals surface area (Å²) in [7, 11) is 4.06. The van der Waals surface area contributed by atoms with E-state index in [1.54, 1.807) is 0 Å². The fourth-order valence-corrected chi connectivity index (χ4v) is 3.85. The van der Waals surface area contributed by atoms with Crippen molar-refractivity contribution in [1.29, 1.82) is 0 Å². The monoisotopic (exact) mass is 382 g/mol. The van der Waals surface area contributed by atoms with Crippen molar-refractivity contribution < 1.29 is 4.74 Å². The van der Waals surface area contributed by atoms with Crippen LogP contribution in [0.2, 0.25) is 0 Å². The minimum absolute atomic E-state index is 0.241. The smallest absolute Gasteiger partial charge is 0.191 e. The minimum atomic E-state index is 0.241. The van der Waals surface area contributed by atoms with Gasteiger partial charge in [-0.3, -0.25) is 9.89 Å². The Morgan fingerprint density at radius 1 is 1.11 bits per heavy atom. The van der Waals surface area contributed by atoms with Crippen LogP contribution in [0.5, 0.6) is 0 Å². The molecule has 158 valence electrons. The molecule has 2 aliphatic rings. The summed E-state index contributed by atoms with van der Waals surface area (Å²) in [6.45, 7) is 16.3. The van der Waals surface area contributed by atoms with Gasteiger partial charge in [0.2, 0.25) is 0 Å². The van der Waals surface area contributed by atoms with E-state index in [4.69, 9.17) is 4.74 Å². The van der Waals surface area contributed by atoms with E-state index >= 15 is 0 Å². The van der Waals surface area contributed by atoms with Crippen molar-refractivity contribution in [3.63, 3.8) is 0 Å². The van der Waals surface area contributed by atoms with Gasteiger partial charge >= 0.3 is 0 Å². The predicted molar refractivity (Wildman–Crippen MR) is 114 cm³/mol. The first-order valence-electron chi connectivity index (χ1n) is 10.8. The lowest BCUT2D eigenvalue weighted by molar-refractivity contribution is -0.0284. The van der Waals surface area contributed by atoms with Gasteiger partial charge in [0.25, 0.3) is 0 Å². The maximum Gasteiger partial charge on any atom is 0.191 e. The second-order valence-corrected chi connectivity index (χ2v) is 8.38. The van der Waals surface area contributed by atoms with Crippen molar-refractivity contribution >= 4 is 5.96 Å². The van der Waals surface area contributed by atoms with Gasteiger partial charge in [0, 0.05) is 52.9 Å². The fraction of sp³-hybridized carbons (Fsp3) is 0.950. The van der Waals surface area contributed by atoms with Crippen molar-refractivity contribution in [3.05, 3.63) is 0 Å². The molecule has 0 aliphatic carbocycles. The molecule has 0 spiro atoms. The van der Waals surface area contributed by atoms with Crippen molar-refractivity contribution in [2.45, 2.75) is 32.8 Å². The van der Waals surface area contributed by atoms with E-state index in [1.165, 1.54) is 32.6 Å². The van der Waals surface area contributed by atoms with Crippen LogP contribution in [0.15, 0.2) is 4.99 Å². The normalized spacial score (nSPS) is 24.2. The van der Waals surface area contributed by atoms with E-state index in [0.29, 0.717) is 5.92 Å². The molecule has 7 heteroatoms. The molecule has 0 aromatic heterocycles. The van der Waals surface area contributed by atoms with Gasteiger partial charge in [-0.25, -0.2) is 0 Å². The lowest BCUT2D eigenvalue weighted by atomic mass is 10.2. The zero-order chi connectivity index (χ0) is 19.5. The van der Waals surface area contributed by atoms with E-state index in [0.717, 1.165) is 58.3 Å². The number of hydrogen-bond acceptors (Lipinski definition) is 5. The third-order valence-electron chi connectivity index (χ3n) is 5.32. The lowest BCUT2D eigenvalue weighted by Gasteiger charge is -2.34. The number of nitrogens with zero attached hydrogens (tertiary/aromatic N) is 4. The molecule has 0 bridgehead atoms. The Balaban J connectivity index is 1.58. The summed E-state index contributed by atoms with van der Waals surface area (Å²) in [5.41, 5.74) is 0. The summed E-state index contributed by atoms with van der Waals surface area (Å²) in [5.74, 6) is 1.59. The van der Waals surface area contributed by atoms with E-state index in [-0.39, 0.29) is 6.10 Å². The van der Waals surface area contributed by atoms with Crippen LogP contribution < -0.4 is 10.6 Å². The van der Waals surface area contributed by atoms with Crippen molar-refractivity contribution in [2.24, 2.45) is 10.9 Å². The SMILES string of the molecule is CN=C(NCCCN1CCCN(C)CC1)NCC1CN(CC(C)C)CCO1. The Hall–Kier alpha value is -0.890. The Kier molecular flexibility index (Phi) is 10.4. The van der Waals surface area contributed by atoms with Gasteiger partial charge in [0.05, 0.1) is 12.7 Å². The van der Waals surface area contributed by atoms with E-state index in [9.17, 15) is 0 Å². The summed E-state index contributed by atoms with van der Waals surface area (Å²) in [4.78, 5) is 11.9. The number of aliphatic imine (C=N–C) groups is 1. The van der Waals surface area contributed by atoms with Gasteiger partial charge < -0.3 is 25.2 Å². The molecule has 2 N–H and O–H groups in total. The van der Waals surface area contributed by atoms with Crippen molar-refractivity contribution in [1.82, 2.24) is 25.3 Å². The first-order valence-corrected chi connectivity index (χ1v) is 10.8. The Labute approximate surface area is 166 Å². The molecule has 7 nitrogen and oxygen atoms in total. The zero-order valence-electron chi connectivity index (χ0n) is 18.0. The molecule has 2 fully saturated rings. The average Bonchev–Trinajstić information content (AvgIpc) is 2.85. The van der Waals surface area contributed by atoms with E-state index in [1.807, 2.05) is 7.05 Å². The number of morpholine rings is 1. The molecular weight excluding hydrogens is 340 g/mol. The highest BCUT2D eigenvalue weighted by Crippen LogP contribution is 2.07. The van der Waals surface area contributed by atoms with Crippen LogP contribution in [-0.4, -0.2) is 113 Å². The molecule has 1 unspecified atom stereocenters. The molecule has 2 rings (SSSR count). The minimum Gasteiger partial charge on any atom is -0.374 e. The topological polar surface area (TPSA) is 55.4 Å². The number of ether oxygens (including phenoxy) is 1. The Morgan fingerprint density at radius 2 is 1.96 bits per heavy atom. The number of hydrogen-bond donors (Lipinski definition) is 2. The number of guanidine groups is 1. The van der Waals surface area contributed by atoms with Gasteiger partial charge in [-0.1, -0.05) is 13.8 Å². The van der Waals surface area contributed by atoms with Gasteiger partial charge in [-0.05, 0) is 45.4 Å². The lowest BCUT2D eigenvalue weighted by Crippen LogP contribution is -2.50. The van der Waals surface area contributed by atoms with Crippen LogP contribution in [-0.2, 0) is 4.74 Å². The summed E-state index contributed by atoms with van der Waals surface area (Å²) < 4.78 is 5.91. The van der Waals surface area contributed by atoms with Crippen LogP contribution >= 0.6 is 0 Å². The van der Waals surface area contributed by atoms with Crippen molar-refractivity contribution in [2.75, 3.05) is 86.1 Å². The number of likely N-dealkylation sites (N-methyl/N-ethyl adjacent to an activating group) is 1. The summed E-state index contributed by atoms with van der Waals surface area (Å²) in [6.07, 6.45) is 2.67. The molecule has 1 atom stereocenters. The van der Waals surface area contributed by atoms with E-state index in [2.05, 4.69) is 51.2 Å². The highest BCUT2D eigenvalue weighted by molar-refractivity contribution is 5.79. The largest absolute Gasteiger partial charge is 0.374 e. The standard InChI is InChI=1S/C20H42N6O/c1-18(2)16-26-13-14-27-19(17-26)15-23-20(21-3)22-7-5-9-25-10-6-8-24(4)11-12-25/h18-19H,5-17H2,1-4H3,(H2,21,22,23). The second-order valence-electron chi connectivity index (χ2n) is 8.38. The highest BCUT2D eigenvalue weighted by atomic mass is 16.5. The maximum absolute atomic E-state index is 5.91. The van der Waals surface area contributed by atoms with Gasteiger partial charge in [-0.15, -0.1) is 0 Å². The molecule has 0 amide bonds. The second kappa shape index (κ2) is 12.5. The molecule has 2 aliphatic heterocycles. The van der Waals surface area contributed by atoms with Crippen LogP contribution in [0.3, 0.4) is 0 Å². The van der Waals surface area contributed by atoms with Gasteiger partial charge in [0.1, 0.15) is 0 Å². The molecule has 0 aromatic rings. The van der Waals surface area contributed by atoms with Crippen LogP contribution in [0.1, 0.15) is 26.7 Å². The number of rotatable bonds is 8. The summed E-state index contributed by atoms with van der Waals surface area (Å²) in [6, 6.07) is 0. The molecule has 2 heterocycles. The molecule has 27 heavy (non-hydrogen) atoms. The van der Waals surface area contributed by atoms with E-state index < -0.39 is 0 Å². The predicted octanol–water partition coefficient (Wildman–Crippen LogP) is 0.536. The third kappa shape index (κ3) is 9.23. The molecular formula is C20H42N6O. The average molecular weight is 383 g/mol. The highest BCUT2D eigenvalue weighted by Gasteiger charge is 2.21. The Bertz CT molecular complexity index is 431. The first-order chi connectivity index (χ1) is 13.1. The fourth-order valence-electron chi connectivity index (χ4n) is 3.85. The quantitative estimate of drug-likeness (QED) is 0.363. The molecule has 0 radical (unpaired) electrons. The first kappa shape index (κ1) is 22.4. The summed E-state index contributed by atoms with van der Waals surface area (Å²) in [5, 5.41) is 6.88. The molecule has 0 saturated carbocycles. The third-order valence-corrected chi connectivity index (χ3v) is 5.32. The summed E-state index contributed by atoms with van der Waals surface area (Å²) >= 11 is 0. The van der Waals surface area contributed by atoms with Gasteiger partial charge in [0.15, 0.2) is 5.96 Å². The van der Waals surface area contributed by atoms with Crippen LogP contribution in [0.4, 0.5) is 0 Å². The zero-order valence-corrected chi connectivity index (χ0v) is 18.0. The molecule has 2 saturated heterocycles. The number of nitrogens with one attached hydrogen (secondary N) is 2. The van der Waals surface area contributed by atoms with Gasteiger partial charge in [-0.2, -0.15) is 0 Å². The van der Waals surface area contributed by atoms with Crippen LogP contribution in [0.25, 0.3) is 0 Å². The van der Waals surface area contributed by atoms with Crippen molar-refractivity contribution in [3.8, 4) is 0 Å². The maximum atomic E-state index is 5.91. The Morgan fingerprint density at radius 3 is 2.74 bits per heavy atom. The van der Waals surface area contributed by atoms with Crippen LogP contribution in [0, 0.1) is 5.92 Å². The molecule has 0 aromatic carbocycles.